The first-order valence-corrected chi connectivity index (χ1v) is 8.62. The highest BCUT2D eigenvalue weighted by molar-refractivity contribution is 6.30. The maximum absolute atomic E-state index is 12.4. The van der Waals surface area contributed by atoms with Crippen LogP contribution in [0.4, 0.5) is 0 Å². The summed E-state index contributed by atoms with van der Waals surface area (Å²) in [6.45, 7) is -0.0490. The van der Waals surface area contributed by atoms with Crippen LogP contribution in [0.2, 0.25) is 5.02 Å². The maximum atomic E-state index is 12.4. The van der Waals surface area contributed by atoms with Crippen molar-refractivity contribution in [2.75, 3.05) is 21.3 Å². The van der Waals surface area contributed by atoms with Crippen LogP contribution in [0.25, 0.3) is 11.3 Å². The summed E-state index contributed by atoms with van der Waals surface area (Å²) >= 11 is 5.88. The largest absolute Gasteiger partial charge is 0.493 e. The molecule has 0 fully saturated rings. The highest BCUT2D eigenvalue weighted by Gasteiger charge is 2.18. The number of rotatable bonds is 7. The fourth-order valence-electron chi connectivity index (χ4n) is 2.55. The summed E-state index contributed by atoms with van der Waals surface area (Å²) in [6.07, 6.45) is 0. The lowest BCUT2D eigenvalue weighted by Gasteiger charge is -2.13. The van der Waals surface area contributed by atoms with Crippen LogP contribution in [0, 0.1) is 0 Å². The van der Waals surface area contributed by atoms with Crippen molar-refractivity contribution in [3.63, 3.8) is 0 Å². The third-order valence-corrected chi connectivity index (χ3v) is 4.19. The Morgan fingerprint density at radius 1 is 1.00 bits per heavy atom. The standard InChI is InChI=1S/C20H18ClNO6/c1-24-17-8-13(9-18(25-2)19(17)26-3)20(23)27-11-15-10-16(28-22-15)12-4-6-14(21)7-5-12/h4-10H,11H2,1-3H3. The summed E-state index contributed by atoms with van der Waals surface area (Å²) in [4.78, 5) is 12.4. The predicted molar refractivity (Wildman–Crippen MR) is 102 cm³/mol. The molecular formula is C20H18ClNO6. The second kappa shape index (κ2) is 8.67. The van der Waals surface area contributed by atoms with Gasteiger partial charge in [-0.1, -0.05) is 16.8 Å². The van der Waals surface area contributed by atoms with Gasteiger partial charge in [-0.25, -0.2) is 4.79 Å². The summed E-state index contributed by atoms with van der Waals surface area (Å²) in [5.74, 6) is 1.11. The first-order chi connectivity index (χ1) is 13.5. The molecule has 28 heavy (non-hydrogen) atoms. The Hall–Kier alpha value is -3.19. The molecule has 0 aliphatic rings. The van der Waals surface area contributed by atoms with E-state index in [1.165, 1.54) is 33.5 Å². The topological polar surface area (TPSA) is 80.0 Å². The van der Waals surface area contributed by atoms with E-state index in [4.69, 9.17) is 35.1 Å². The molecule has 0 aliphatic heterocycles. The summed E-state index contributed by atoms with van der Waals surface area (Å²) in [5.41, 5.74) is 1.56. The fraction of sp³-hybridized carbons (Fsp3) is 0.200. The van der Waals surface area contributed by atoms with Crippen molar-refractivity contribution in [2.24, 2.45) is 0 Å². The molecule has 1 aromatic heterocycles. The Balaban J connectivity index is 1.71. The lowest BCUT2D eigenvalue weighted by molar-refractivity contribution is 0.0463. The van der Waals surface area contributed by atoms with E-state index in [-0.39, 0.29) is 12.2 Å². The van der Waals surface area contributed by atoms with E-state index in [1.807, 2.05) is 12.1 Å². The summed E-state index contributed by atoms with van der Waals surface area (Å²) in [5, 5.41) is 4.55. The molecule has 146 valence electrons. The van der Waals surface area contributed by atoms with E-state index in [0.29, 0.717) is 33.7 Å². The van der Waals surface area contributed by atoms with Crippen LogP contribution < -0.4 is 14.2 Å². The normalized spacial score (nSPS) is 10.4. The highest BCUT2D eigenvalue weighted by atomic mass is 35.5. The lowest BCUT2D eigenvalue weighted by atomic mass is 10.1. The van der Waals surface area contributed by atoms with Gasteiger partial charge in [0.25, 0.3) is 0 Å². The van der Waals surface area contributed by atoms with Gasteiger partial charge in [-0.3, -0.25) is 0 Å². The fourth-order valence-corrected chi connectivity index (χ4v) is 2.68. The van der Waals surface area contributed by atoms with Gasteiger partial charge in [0.05, 0.1) is 26.9 Å². The van der Waals surface area contributed by atoms with Gasteiger partial charge < -0.3 is 23.5 Å². The van der Waals surface area contributed by atoms with Crippen molar-refractivity contribution >= 4 is 17.6 Å². The van der Waals surface area contributed by atoms with Crippen molar-refractivity contribution in [3.05, 3.63) is 58.7 Å². The molecular weight excluding hydrogens is 386 g/mol. The second-order valence-corrected chi connectivity index (χ2v) is 6.12. The molecule has 0 saturated heterocycles. The van der Waals surface area contributed by atoms with Crippen molar-refractivity contribution < 1.29 is 28.3 Å². The monoisotopic (exact) mass is 403 g/mol. The van der Waals surface area contributed by atoms with E-state index < -0.39 is 5.97 Å². The number of methoxy groups -OCH3 is 3. The predicted octanol–water partition coefficient (Wildman–Crippen LogP) is 4.38. The van der Waals surface area contributed by atoms with E-state index in [9.17, 15) is 4.79 Å². The van der Waals surface area contributed by atoms with Crippen LogP contribution in [-0.2, 0) is 11.3 Å². The zero-order valence-electron chi connectivity index (χ0n) is 15.5. The Labute approximate surface area is 166 Å². The number of carbonyl (C=O) groups is 1. The summed E-state index contributed by atoms with van der Waals surface area (Å²) in [6, 6.07) is 11.9. The molecule has 2 aromatic carbocycles. The van der Waals surface area contributed by atoms with Gasteiger partial charge in [0.2, 0.25) is 5.75 Å². The smallest absolute Gasteiger partial charge is 0.338 e. The van der Waals surface area contributed by atoms with Crippen molar-refractivity contribution in [1.82, 2.24) is 5.16 Å². The van der Waals surface area contributed by atoms with E-state index in [0.717, 1.165) is 5.56 Å². The number of esters is 1. The number of aromatic nitrogens is 1. The van der Waals surface area contributed by atoms with Gasteiger partial charge in [0.1, 0.15) is 12.3 Å². The maximum Gasteiger partial charge on any atom is 0.338 e. The van der Waals surface area contributed by atoms with Crippen molar-refractivity contribution in [2.45, 2.75) is 6.61 Å². The first kappa shape index (κ1) is 19.6. The van der Waals surface area contributed by atoms with E-state index in [1.54, 1.807) is 18.2 Å². The molecule has 7 nitrogen and oxygen atoms in total. The average molecular weight is 404 g/mol. The highest BCUT2D eigenvalue weighted by Crippen LogP contribution is 2.38. The molecule has 8 heteroatoms. The van der Waals surface area contributed by atoms with Gasteiger partial charge in [0, 0.05) is 16.7 Å². The quantitative estimate of drug-likeness (QED) is 0.541. The van der Waals surface area contributed by atoms with Crippen molar-refractivity contribution in [1.29, 1.82) is 0 Å². The number of halogens is 1. The zero-order chi connectivity index (χ0) is 20.1. The molecule has 0 amide bonds. The van der Waals surface area contributed by atoms with Gasteiger partial charge in [-0.05, 0) is 36.4 Å². The zero-order valence-corrected chi connectivity index (χ0v) is 16.3. The van der Waals surface area contributed by atoms with Gasteiger partial charge in [-0.2, -0.15) is 0 Å². The number of nitrogens with zero attached hydrogens (tertiary/aromatic N) is 1. The third-order valence-electron chi connectivity index (χ3n) is 3.94. The number of hydrogen-bond acceptors (Lipinski definition) is 7. The van der Waals surface area contributed by atoms with Crippen LogP contribution in [0.3, 0.4) is 0 Å². The Morgan fingerprint density at radius 3 is 2.21 bits per heavy atom. The molecule has 1 heterocycles. The van der Waals surface area contributed by atoms with Crippen LogP contribution >= 0.6 is 11.6 Å². The third kappa shape index (κ3) is 4.20. The number of carbonyl (C=O) groups excluding carboxylic acids is 1. The molecule has 3 aromatic rings. The summed E-state index contributed by atoms with van der Waals surface area (Å²) in [7, 11) is 4.43. The molecule has 0 atom stereocenters. The minimum absolute atomic E-state index is 0.0490. The molecule has 0 radical (unpaired) electrons. The van der Waals surface area contributed by atoms with Gasteiger partial charge >= 0.3 is 5.97 Å². The molecule has 0 bridgehead atoms. The lowest BCUT2D eigenvalue weighted by Crippen LogP contribution is -2.07. The number of benzene rings is 2. The first-order valence-electron chi connectivity index (χ1n) is 8.24. The van der Waals surface area contributed by atoms with Crippen LogP contribution in [0.15, 0.2) is 47.0 Å². The SMILES string of the molecule is COc1cc(C(=O)OCc2cc(-c3ccc(Cl)cc3)on2)cc(OC)c1OC. The number of ether oxygens (including phenoxy) is 4. The molecule has 0 unspecified atom stereocenters. The van der Waals surface area contributed by atoms with Crippen LogP contribution in [0.1, 0.15) is 16.1 Å². The van der Waals surface area contributed by atoms with Crippen LogP contribution in [-0.4, -0.2) is 32.5 Å². The Kier molecular flexibility index (Phi) is 6.06. The minimum Gasteiger partial charge on any atom is -0.493 e. The Morgan fingerprint density at radius 2 is 1.64 bits per heavy atom. The average Bonchev–Trinajstić information content (AvgIpc) is 3.20. The van der Waals surface area contributed by atoms with Crippen LogP contribution in [0.5, 0.6) is 17.2 Å². The number of hydrogen-bond donors (Lipinski definition) is 0. The van der Waals surface area contributed by atoms with E-state index in [2.05, 4.69) is 5.16 Å². The molecule has 0 aliphatic carbocycles. The minimum atomic E-state index is -0.560. The Bertz CT molecular complexity index is 942. The summed E-state index contributed by atoms with van der Waals surface area (Å²) < 4.78 is 26.3. The second-order valence-electron chi connectivity index (χ2n) is 5.68. The van der Waals surface area contributed by atoms with E-state index >= 15 is 0 Å². The molecule has 0 N–H and O–H groups in total. The van der Waals surface area contributed by atoms with Gasteiger partial charge in [-0.15, -0.1) is 0 Å². The van der Waals surface area contributed by atoms with Crippen molar-refractivity contribution in [3.8, 4) is 28.6 Å². The molecule has 0 spiro atoms. The molecule has 3 rings (SSSR count). The van der Waals surface area contributed by atoms with Gasteiger partial charge in [0.15, 0.2) is 17.3 Å². The molecule has 0 saturated carbocycles.